The Bertz CT molecular complexity index is 627. The molecule has 0 aromatic rings. The number of hydrogen-bond acceptors (Lipinski definition) is 3. The number of hydrogen-bond donors (Lipinski definition) is 0. The average Bonchev–Trinajstić information content (AvgIpc) is 3.03. The first-order chi connectivity index (χ1) is 13.3. The topological polar surface area (TPSA) is 43.4 Å². The second kappa shape index (κ2) is 7.43. The Morgan fingerprint density at radius 2 is 1.82 bits per heavy atom. The molecule has 4 fully saturated rings. The molecule has 1 unspecified atom stereocenters. The number of methoxy groups -OCH3 is 1. The van der Waals surface area contributed by atoms with Crippen LogP contribution in [0.3, 0.4) is 0 Å². The first-order valence-electron chi connectivity index (χ1n) is 11.9. The Morgan fingerprint density at radius 1 is 1.07 bits per heavy atom. The zero-order valence-electron chi connectivity index (χ0n) is 18.5. The quantitative estimate of drug-likeness (QED) is 0.571. The third kappa shape index (κ3) is 3.16. The minimum absolute atomic E-state index is 0.0617. The molecule has 0 aromatic carbocycles. The second-order valence-corrected chi connectivity index (χ2v) is 11.2. The van der Waals surface area contributed by atoms with Gasteiger partial charge in [0.15, 0.2) is 0 Å². The van der Waals surface area contributed by atoms with E-state index >= 15 is 0 Å². The van der Waals surface area contributed by atoms with Gasteiger partial charge in [0.25, 0.3) is 0 Å². The molecule has 0 aliphatic heterocycles. The van der Waals surface area contributed by atoms with Gasteiger partial charge in [-0.05, 0) is 97.7 Å². The smallest absolute Gasteiger partial charge is 0.305 e. The fourth-order valence-electron chi connectivity index (χ4n) is 8.67. The van der Waals surface area contributed by atoms with Crippen molar-refractivity contribution < 1.29 is 14.3 Å². The van der Waals surface area contributed by atoms with Crippen molar-refractivity contribution in [3.63, 3.8) is 0 Å². The van der Waals surface area contributed by atoms with Gasteiger partial charge in [-0.15, -0.1) is 0 Å². The number of carbonyl (C=O) groups excluding carboxylic acids is 2. The summed E-state index contributed by atoms with van der Waals surface area (Å²) in [7, 11) is 1.50. The molecule has 0 amide bonds. The Kier molecular flexibility index (Phi) is 5.42. The molecular weight excluding hydrogens is 348 g/mol. The van der Waals surface area contributed by atoms with E-state index < -0.39 is 0 Å². The number of carbonyl (C=O) groups is 2. The SMILES string of the molecule is COC(=O)CCC(C)[C@H]1CC[C@H]2[C@@H]3CC[C@H]4CC(=O)CC[C@]4(C)[C@H]3CC[C@]12C. The van der Waals surface area contributed by atoms with E-state index in [-0.39, 0.29) is 5.97 Å². The molecule has 0 bridgehead atoms. The monoisotopic (exact) mass is 388 g/mol. The minimum atomic E-state index is -0.0617. The fourth-order valence-corrected chi connectivity index (χ4v) is 8.67. The molecule has 0 aromatic heterocycles. The van der Waals surface area contributed by atoms with Crippen molar-refractivity contribution in [3.8, 4) is 0 Å². The number of esters is 1. The molecule has 0 heterocycles. The van der Waals surface area contributed by atoms with E-state index in [1.165, 1.54) is 45.6 Å². The van der Waals surface area contributed by atoms with Gasteiger partial charge in [-0.25, -0.2) is 0 Å². The summed E-state index contributed by atoms with van der Waals surface area (Å²) >= 11 is 0. The molecule has 0 radical (unpaired) electrons. The van der Waals surface area contributed by atoms with E-state index in [1.54, 1.807) is 0 Å². The van der Waals surface area contributed by atoms with Crippen LogP contribution in [0.4, 0.5) is 0 Å². The van der Waals surface area contributed by atoms with E-state index in [0.29, 0.717) is 34.9 Å². The third-order valence-electron chi connectivity index (χ3n) is 10.3. The summed E-state index contributed by atoms with van der Waals surface area (Å²) in [6.07, 6.45) is 12.4. The van der Waals surface area contributed by atoms with Crippen molar-refractivity contribution in [2.75, 3.05) is 7.11 Å². The van der Waals surface area contributed by atoms with Crippen LogP contribution in [0.25, 0.3) is 0 Å². The number of fused-ring (bicyclic) bond motifs is 5. The largest absolute Gasteiger partial charge is 0.469 e. The maximum absolute atomic E-state index is 12.1. The lowest BCUT2D eigenvalue weighted by atomic mass is 9.44. The van der Waals surface area contributed by atoms with Gasteiger partial charge in [0, 0.05) is 19.3 Å². The highest BCUT2D eigenvalue weighted by atomic mass is 16.5. The summed E-state index contributed by atoms with van der Waals surface area (Å²) in [5, 5.41) is 0. The highest BCUT2D eigenvalue weighted by Gasteiger charge is 2.60. The normalized spacial score (nSPS) is 46.3. The summed E-state index contributed by atoms with van der Waals surface area (Å²) in [6, 6.07) is 0. The molecular formula is C25H40O3. The maximum atomic E-state index is 12.1. The summed E-state index contributed by atoms with van der Waals surface area (Å²) in [5.41, 5.74) is 0.858. The molecule has 4 aliphatic carbocycles. The van der Waals surface area contributed by atoms with Crippen LogP contribution in [-0.4, -0.2) is 18.9 Å². The van der Waals surface area contributed by atoms with Crippen molar-refractivity contribution in [1.29, 1.82) is 0 Å². The van der Waals surface area contributed by atoms with Gasteiger partial charge < -0.3 is 4.74 Å². The van der Waals surface area contributed by atoms with Gasteiger partial charge in [-0.3, -0.25) is 9.59 Å². The van der Waals surface area contributed by atoms with Crippen LogP contribution in [-0.2, 0) is 14.3 Å². The van der Waals surface area contributed by atoms with E-state index in [4.69, 9.17) is 4.74 Å². The molecule has 4 aliphatic rings. The van der Waals surface area contributed by atoms with Gasteiger partial charge in [0.2, 0.25) is 0 Å². The molecule has 3 heteroatoms. The van der Waals surface area contributed by atoms with Gasteiger partial charge in [0.1, 0.15) is 5.78 Å². The van der Waals surface area contributed by atoms with Gasteiger partial charge in [0.05, 0.1) is 7.11 Å². The molecule has 4 rings (SSSR count). The van der Waals surface area contributed by atoms with Gasteiger partial charge in [-0.1, -0.05) is 20.8 Å². The highest BCUT2D eigenvalue weighted by Crippen LogP contribution is 2.68. The van der Waals surface area contributed by atoms with Crippen LogP contribution in [0.15, 0.2) is 0 Å². The van der Waals surface area contributed by atoms with Crippen molar-refractivity contribution in [2.45, 2.75) is 91.4 Å². The van der Waals surface area contributed by atoms with Crippen LogP contribution in [0.5, 0.6) is 0 Å². The van der Waals surface area contributed by atoms with Crippen LogP contribution < -0.4 is 0 Å². The Morgan fingerprint density at radius 3 is 2.57 bits per heavy atom. The Hall–Kier alpha value is -0.860. The van der Waals surface area contributed by atoms with Crippen LogP contribution in [0.2, 0.25) is 0 Å². The molecule has 4 saturated carbocycles. The van der Waals surface area contributed by atoms with Crippen molar-refractivity contribution in [2.24, 2.45) is 46.3 Å². The molecule has 0 N–H and O–H groups in total. The predicted octanol–water partition coefficient (Wildman–Crippen LogP) is 5.80. The van der Waals surface area contributed by atoms with Gasteiger partial charge in [-0.2, -0.15) is 0 Å². The highest BCUT2D eigenvalue weighted by molar-refractivity contribution is 5.79. The van der Waals surface area contributed by atoms with E-state index in [1.807, 2.05) is 0 Å². The summed E-state index contributed by atoms with van der Waals surface area (Å²) in [6.45, 7) is 7.49. The molecule has 158 valence electrons. The zero-order valence-corrected chi connectivity index (χ0v) is 18.5. The average molecular weight is 389 g/mol. The zero-order chi connectivity index (χ0) is 20.1. The van der Waals surface area contributed by atoms with E-state index in [9.17, 15) is 9.59 Å². The standard InChI is InChI=1S/C25H40O3/c1-16(5-10-23(27)28-4)20-8-9-21-19-7-6-17-15-18(26)11-13-24(17,2)22(19)12-14-25(20,21)3/h16-17,19-22H,5-15H2,1-4H3/t16?,17-,19-,20+,21-,22-,24-,25+/m0/s1. The number of rotatable bonds is 4. The van der Waals surface area contributed by atoms with Gasteiger partial charge >= 0.3 is 5.97 Å². The third-order valence-corrected chi connectivity index (χ3v) is 10.3. The minimum Gasteiger partial charge on any atom is -0.469 e. The van der Waals surface area contributed by atoms with Crippen LogP contribution in [0, 0.1) is 46.3 Å². The number of Topliss-reactive ketones (excluding diaryl/α,β-unsaturated/α-hetero) is 1. The first kappa shape index (κ1) is 20.4. The Balaban J connectivity index is 1.49. The van der Waals surface area contributed by atoms with E-state index in [0.717, 1.165) is 49.4 Å². The maximum Gasteiger partial charge on any atom is 0.305 e. The first-order valence-corrected chi connectivity index (χ1v) is 11.9. The van der Waals surface area contributed by atoms with Crippen molar-refractivity contribution >= 4 is 11.8 Å². The lowest BCUT2D eigenvalue weighted by Gasteiger charge is -2.60. The van der Waals surface area contributed by atoms with Crippen LogP contribution >= 0.6 is 0 Å². The van der Waals surface area contributed by atoms with Crippen molar-refractivity contribution in [3.05, 3.63) is 0 Å². The summed E-state index contributed by atoms with van der Waals surface area (Å²) in [4.78, 5) is 23.7. The number of ketones is 1. The lowest BCUT2D eigenvalue weighted by Crippen LogP contribution is -2.53. The molecule has 28 heavy (non-hydrogen) atoms. The molecule has 0 saturated heterocycles. The number of ether oxygens (including phenoxy) is 1. The molecule has 3 nitrogen and oxygen atoms in total. The summed E-state index contributed by atoms with van der Waals surface area (Å²) < 4.78 is 4.87. The Labute approximate surface area is 171 Å². The molecule has 8 atom stereocenters. The lowest BCUT2D eigenvalue weighted by molar-refractivity contribution is -0.141. The fraction of sp³-hybridized carbons (Fsp3) is 0.920. The van der Waals surface area contributed by atoms with Crippen LogP contribution in [0.1, 0.15) is 91.4 Å². The second-order valence-electron chi connectivity index (χ2n) is 11.2. The molecule has 0 spiro atoms. The van der Waals surface area contributed by atoms with Crippen molar-refractivity contribution in [1.82, 2.24) is 0 Å². The summed E-state index contributed by atoms with van der Waals surface area (Å²) in [5.74, 6) is 5.01. The predicted molar refractivity (Wildman–Crippen MR) is 111 cm³/mol. The van der Waals surface area contributed by atoms with E-state index in [2.05, 4.69) is 20.8 Å².